The molecule has 0 aliphatic carbocycles. The molecule has 0 saturated carbocycles. The Morgan fingerprint density at radius 3 is 2.85 bits per heavy atom. The van der Waals surface area contributed by atoms with Gasteiger partial charge in [0.25, 0.3) is 0 Å². The van der Waals surface area contributed by atoms with Crippen molar-refractivity contribution in [2.24, 2.45) is 10.7 Å². The van der Waals surface area contributed by atoms with Crippen molar-refractivity contribution in [3.63, 3.8) is 0 Å². The Bertz CT molecular complexity index is 299. The summed E-state index contributed by atoms with van der Waals surface area (Å²) in [6.45, 7) is 4.70. The summed E-state index contributed by atoms with van der Waals surface area (Å²) in [4.78, 5) is 4.14. The van der Waals surface area contributed by atoms with Gasteiger partial charge in [-0.05, 0) is 25.8 Å². The highest BCUT2D eigenvalue weighted by molar-refractivity contribution is 5.77. The van der Waals surface area contributed by atoms with Crippen molar-refractivity contribution in [1.29, 1.82) is 0 Å². The Balaban J connectivity index is 2.50. The van der Waals surface area contributed by atoms with Gasteiger partial charge in [0.05, 0.1) is 5.84 Å². The topological polar surface area (TPSA) is 38.4 Å². The molecule has 0 spiro atoms. The molecule has 0 fully saturated rings. The fourth-order valence-electron chi connectivity index (χ4n) is 1.23. The highest BCUT2D eigenvalue weighted by atomic mass is 14.8. The number of aryl methyl sites for hydroxylation is 1. The molecular formula is C11H16N2. The van der Waals surface area contributed by atoms with Gasteiger partial charge in [0, 0.05) is 6.54 Å². The van der Waals surface area contributed by atoms with E-state index >= 15 is 0 Å². The lowest BCUT2D eigenvalue weighted by atomic mass is 10.1. The minimum absolute atomic E-state index is 0.660. The fourth-order valence-corrected chi connectivity index (χ4v) is 1.23. The summed E-state index contributed by atoms with van der Waals surface area (Å²) in [6.07, 6.45) is 0.968. The predicted octanol–water partition coefficient (Wildman–Crippen LogP) is 1.91. The van der Waals surface area contributed by atoms with Crippen LogP contribution in [0, 0.1) is 6.92 Å². The standard InChI is InChI=1S/C11H16N2/c1-9-4-3-5-11(8-9)6-7-13-10(2)12/h3-5,8H,6-7H2,1-2H3,(H2,12,13). The SMILES string of the molecule is CC(N)=NCCc1cccc(C)c1. The van der Waals surface area contributed by atoms with Crippen molar-refractivity contribution >= 4 is 5.84 Å². The number of rotatable bonds is 3. The molecule has 0 aliphatic rings. The first-order valence-corrected chi connectivity index (χ1v) is 4.50. The van der Waals surface area contributed by atoms with Crippen molar-refractivity contribution in [3.8, 4) is 0 Å². The van der Waals surface area contributed by atoms with Gasteiger partial charge in [0.2, 0.25) is 0 Å². The van der Waals surface area contributed by atoms with E-state index in [2.05, 4.69) is 36.2 Å². The summed E-state index contributed by atoms with van der Waals surface area (Å²) in [6, 6.07) is 8.47. The zero-order valence-corrected chi connectivity index (χ0v) is 8.25. The molecule has 2 nitrogen and oxygen atoms in total. The van der Waals surface area contributed by atoms with E-state index in [4.69, 9.17) is 5.73 Å². The van der Waals surface area contributed by atoms with Crippen molar-refractivity contribution in [3.05, 3.63) is 35.4 Å². The van der Waals surface area contributed by atoms with E-state index in [9.17, 15) is 0 Å². The maximum absolute atomic E-state index is 5.44. The fraction of sp³-hybridized carbons (Fsp3) is 0.364. The second-order valence-electron chi connectivity index (χ2n) is 3.26. The molecule has 0 saturated heterocycles. The van der Waals surface area contributed by atoms with E-state index in [1.54, 1.807) is 0 Å². The Kier molecular flexibility index (Phi) is 3.50. The maximum Gasteiger partial charge on any atom is 0.0905 e. The lowest BCUT2D eigenvalue weighted by Gasteiger charge is -1.99. The van der Waals surface area contributed by atoms with E-state index in [1.165, 1.54) is 11.1 Å². The quantitative estimate of drug-likeness (QED) is 0.554. The molecule has 70 valence electrons. The third kappa shape index (κ3) is 3.74. The molecule has 1 rings (SSSR count). The van der Waals surface area contributed by atoms with Gasteiger partial charge in [-0.2, -0.15) is 0 Å². The van der Waals surface area contributed by atoms with Gasteiger partial charge in [-0.25, -0.2) is 0 Å². The molecule has 1 aromatic carbocycles. The average molecular weight is 176 g/mol. The van der Waals surface area contributed by atoms with Gasteiger partial charge in [0.15, 0.2) is 0 Å². The Labute approximate surface area is 79.5 Å². The van der Waals surface area contributed by atoms with Crippen LogP contribution < -0.4 is 5.73 Å². The van der Waals surface area contributed by atoms with E-state index in [-0.39, 0.29) is 0 Å². The molecule has 0 aromatic heterocycles. The van der Waals surface area contributed by atoms with E-state index in [0.29, 0.717) is 5.84 Å². The summed E-state index contributed by atoms with van der Waals surface area (Å²) in [5.41, 5.74) is 8.06. The van der Waals surface area contributed by atoms with Crippen molar-refractivity contribution in [2.45, 2.75) is 20.3 Å². The first-order chi connectivity index (χ1) is 6.18. The van der Waals surface area contributed by atoms with Gasteiger partial charge in [-0.1, -0.05) is 29.8 Å². The number of nitrogens with zero attached hydrogens (tertiary/aromatic N) is 1. The molecule has 0 amide bonds. The van der Waals surface area contributed by atoms with Gasteiger partial charge in [-0.15, -0.1) is 0 Å². The monoisotopic (exact) mass is 176 g/mol. The Morgan fingerprint density at radius 2 is 2.23 bits per heavy atom. The maximum atomic E-state index is 5.44. The third-order valence-corrected chi connectivity index (χ3v) is 1.84. The second kappa shape index (κ2) is 4.65. The largest absolute Gasteiger partial charge is 0.388 e. The van der Waals surface area contributed by atoms with Gasteiger partial charge in [-0.3, -0.25) is 4.99 Å². The molecule has 0 bridgehead atoms. The van der Waals surface area contributed by atoms with Gasteiger partial charge in [0.1, 0.15) is 0 Å². The number of nitrogens with two attached hydrogens (primary N) is 1. The number of hydrogen-bond acceptors (Lipinski definition) is 1. The van der Waals surface area contributed by atoms with Crippen LogP contribution in [0.25, 0.3) is 0 Å². The summed E-state index contributed by atoms with van der Waals surface area (Å²) < 4.78 is 0. The first-order valence-electron chi connectivity index (χ1n) is 4.50. The number of aliphatic imine (C=N–C) groups is 1. The predicted molar refractivity (Wildman–Crippen MR) is 57.0 cm³/mol. The molecule has 13 heavy (non-hydrogen) atoms. The molecule has 0 radical (unpaired) electrons. The summed E-state index contributed by atoms with van der Waals surface area (Å²) in [5, 5.41) is 0. The number of amidine groups is 1. The summed E-state index contributed by atoms with van der Waals surface area (Å²) in [7, 11) is 0. The number of hydrogen-bond donors (Lipinski definition) is 1. The zero-order valence-electron chi connectivity index (χ0n) is 8.25. The highest BCUT2D eigenvalue weighted by Crippen LogP contribution is 2.04. The Morgan fingerprint density at radius 1 is 1.46 bits per heavy atom. The summed E-state index contributed by atoms with van der Waals surface area (Å²) in [5.74, 6) is 0.660. The van der Waals surface area contributed by atoms with Crippen LogP contribution in [0.1, 0.15) is 18.1 Å². The van der Waals surface area contributed by atoms with Crippen LogP contribution in [0.4, 0.5) is 0 Å². The molecular weight excluding hydrogens is 160 g/mol. The van der Waals surface area contributed by atoms with Crippen LogP contribution in [-0.4, -0.2) is 12.4 Å². The van der Waals surface area contributed by atoms with Crippen molar-refractivity contribution < 1.29 is 0 Å². The van der Waals surface area contributed by atoms with E-state index in [0.717, 1.165) is 13.0 Å². The van der Waals surface area contributed by atoms with E-state index < -0.39 is 0 Å². The minimum atomic E-state index is 0.660. The lowest BCUT2D eigenvalue weighted by Crippen LogP contribution is -2.06. The molecule has 0 atom stereocenters. The first kappa shape index (κ1) is 9.78. The van der Waals surface area contributed by atoms with Gasteiger partial charge >= 0.3 is 0 Å². The van der Waals surface area contributed by atoms with Crippen LogP contribution in [0.15, 0.2) is 29.3 Å². The van der Waals surface area contributed by atoms with Crippen LogP contribution in [-0.2, 0) is 6.42 Å². The second-order valence-corrected chi connectivity index (χ2v) is 3.26. The summed E-state index contributed by atoms with van der Waals surface area (Å²) >= 11 is 0. The normalized spacial score (nSPS) is 11.7. The molecule has 1 aromatic rings. The van der Waals surface area contributed by atoms with Gasteiger partial charge < -0.3 is 5.73 Å². The Hall–Kier alpha value is -1.31. The van der Waals surface area contributed by atoms with E-state index in [1.807, 2.05) is 6.92 Å². The van der Waals surface area contributed by atoms with Crippen molar-refractivity contribution in [2.75, 3.05) is 6.54 Å². The lowest BCUT2D eigenvalue weighted by molar-refractivity contribution is 0.962. The molecule has 2 heteroatoms. The molecule has 0 heterocycles. The van der Waals surface area contributed by atoms with Crippen LogP contribution >= 0.6 is 0 Å². The van der Waals surface area contributed by atoms with Crippen LogP contribution in [0.2, 0.25) is 0 Å². The molecule has 0 unspecified atom stereocenters. The van der Waals surface area contributed by atoms with Crippen molar-refractivity contribution in [1.82, 2.24) is 0 Å². The zero-order chi connectivity index (χ0) is 9.68. The molecule has 2 N–H and O–H groups in total. The molecule has 0 aliphatic heterocycles. The third-order valence-electron chi connectivity index (χ3n) is 1.84. The highest BCUT2D eigenvalue weighted by Gasteiger charge is 1.91. The average Bonchev–Trinajstić information content (AvgIpc) is 2.03. The van der Waals surface area contributed by atoms with Crippen LogP contribution in [0.5, 0.6) is 0 Å². The number of benzene rings is 1. The smallest absolute Gasteiger partial charge is 0.0905 e. The minimum Gasteiger partial charge on any atom is -0.388 e. The van der Waals surface area contributed by atoms with Crippen LogP contribution in [0.3, 0.4) is 0 Å².